The van der Waals surface area contributed by atoms with Crippen LogP contribution in [-0.2, 0) is 14.3 Å². The second kappa shape index (κ2) is 8.17. The van der Waals surface area contributed by atoms with Gasteiger partial charge in [-0.3, -0.25) is 0 Å². The SMILES string of the molecule is CC1=C(C(=O)OCCOC(C)C)[C@H](c2cccc(Cl)c2)NC(=O)N1. The number of carbonyl (C=O) groups is 2. The van der Waals surface area contributed by atoms with Crippen LogP contribution in [0.15, 0.2) is 35.5 Å². The summed E-state index contributed by atoms with van der Waals surface area (Å²) in [7, 11) is 0. The average molecular weight is 353 g/mol. The van der Waals surface area contributed by atoms with E-state index in [1.165, 1.54) is 0 Å². The molecule has 0 aliphatic carbocycles. The number of esters is 1. The molecule has 0 fully saturated rings. The van der Waals surface area contributed by atoms with Crippen molar-refractivity contribution >= 4 is 23.6 Å². The van der Waals surface area contributed by atoms with E-state index in [0.717, 1.165) is 0 Å². The first kappa shape index (κ1) is 18.3. The van der Waals surface area contributed by atoms with E-state index < -0.39 is 12.0 Å². The average Bonchev–Trinajstić information content (AvgIpc) is 2.50. The highest BCUT2D eigenvalue weighted by Gasteiger charge is 2.32. The van der Waals surface area contributed by atoms with Crippen molar-refractivity contribution in [2.75, 3.05) is 13.2 Å². The highest BCUT2D eigenvalue weighted by Crippen LogP contribution is 2.28. The van der Waals surface area contributed by atoms with Crippen LogP contribution >= 0.6 is 11.6 Å². The molecule has 1 aromatic rings. The molecule has 0 bridgehead atoms. The van der Waals surface area contributed by atoms with E-state index in [2.05, 4.69) is 10.6 Å². The number of hydrogen-bond donors (Lipinski definition) is 2. The Morgan fingerprint density at radius 3 is 2.75 bits per heavy atom. The number of rotatable bonds is 6. The number of carbonyl (C=O) groups excluding carboxylic acids is 2. The predicted octanol–water partition coefficient (Wildman–Crippen LogP) is 2.94. The number of urea groups is 1. The van der Waals surface area contributed by atoms with Crippen LogP contribution in [-0.4, -0.2) is 31.3 Å². The fourth-order valence-corrected chi connectivity index (χ4v) is 2.60. The van der Waals surface area contributed by atoms with Gasteiger partial charge in [0.25, 0.3) is 0 Å². The van der Waals surface area contributed by atoms with E-state index in [0.29, 0.717) is 28.5 Å². The molecule has 0 spiro atoms. The van der Waals surface area contributed by atoms with Crippen molar-refractivity contribution in [1.29, 1.82) is 0 Å². The van der Waals surface area contributed by atoms with Gasteiger partial charge in [-0.1, -0.05) is 23.7 Å². The Morgan fingerprint density at radius 2 is 2.08 bits per heavy atom. The molecule has 2 amide bonds. The van der Waals surface area contributed by atoms with Gasteiger partial charge in [0.05, 0.1) is 24.3 Å². The summed E-state index contributed by atoms with van der Waals surface area (Å²) in [6.45, 7) is 5.94. The lowest BCUT2D eigenvalue weighted by Gasteiger charge is -2.28. The highest BCUT2D eigenvalue weighted by atomic mass is 35.5. The highest BCUT2D eigenvalue weighted by molar-refractivity contribution is 6.30. The van der Waals surface area contributed by atoms with Gasteiger partial charge in [0.1, 0.15) is 6.61 Å². The van der Waals surface area contributed by atoms with Gasteiger partial charge >= 0.3 is 12.0 Å². The van der Waals surface area contributed by atoms with Crippen molar-refractivity contribution in [2.45, 2.75) is 32.9 Å². The van der Waals surface area contributed by atoms with E-state index in [4.69, 9.17) is 21.1 Å². The molecule has 0 aromatic heterocycles. The molecule has 1 aliphatic heterocycles. The first-order chi connectivity index (χ1) is 11.4. The topological polar surface area (TPSA) is 76.7 Å². The largest absolute Gasteiger partial charge is 0.460 e. The zero-order valence-electron chi connectivity index (χ0n) is 13.9. The standard InChI is InChI=1S/C17H21ClN2O4/c1-10(2)23-7-8-24-16(21)14-11(3)19-17(22)20-15(14)12-5-4-6-13(18)9-12/h4-6,9-10,15H,7-8H2,1-3H3,(H2,19,20,22)/t15-/m0/s1. The molecular formula is C17H21ClN2O4. The van der Waals surface area contributed by atoms with Crippen LogP contribution in [0.5, 0.6) is 0 Å². The molecule has 7 heteroatoms. The molecule has 6 nitrogen and oxygen atoms in total. The number of hydrogen-bond acceptors (Lipinski definition) is 4. The second-order valence-corrected chi connectivity index (χ2v) is 6.12. The quantitative estimate of drug-likeness (QED) is 0.609. The Hall–Kier alpha value is -2.05. The van der Waals surface area contributed by atoms with Crippen LogP contribution in [0.1, 0.15) is 32.4 Å². The maximum atomic E-state index is 12.5. The Morgan fingerprint density at radius 1 is 1.33 bits per heavy atom. The van der Waals surface area contributed by atoms with Crippen LogP contribution in [0, 0.1) is 0 Å². The van der Waals surface area contributed by atoms with Gasteiger partial charge in [-0.2, -0.15) is 0 Å². The first-order valence-corrected chi connectivity index (χ1v) is 8.08. The molecular weight excluding hydrogens is 332 g/mol. The summed E-state index contributed by atoms with van der Waals surface area (Å²) < 4.78 is 10.6. The Labute approximate surface area is 146 Å². The van der Waals surface area contributed by atoms with E-state index in [1.54, 1.807) is 31.2 Å². The summed E-state index contributed by atoms with van der Waals surface area (Å²) in [5, 5.41) is 5.85. The minimum absolute atomic E-state index is 0.0690. The third-order valence-electron chi connectivity index (χ3n) is 3.44. The molecule has 0 saturated heterocycles. The molecule has 24 heavy (non-hydrogen) atoms. The minimum atomic E-state index is -0.615. The van der Waals surface area contributed by atoms with Crippen LogP contribution in [0.2, 0.25) is 5.02 Å². The summed E-state index contributed by atoms with van der Waals surface area (Å²) >= 11 is 6.02. The van der Waals surface area contributed by atoms with E-state index in [9.17, 15) is 9.59 Å². The van der Waals surface area contributed by atoms with Crippen LogP contribution in [0.3, 0.4) is 0 Å². The maximum Gasteiger partial charge on any atom is 0.338 e. The molecule has 1 heterocycles. The fourth-order valence-electron chi connectivity index (χ4n) is 2.40. The molecule has 1 aromatic carbocycles. The first-order valence-electron chi connectivity index (χ1n) is 7.71. The van der Waals surface area contributed by atoms with Crippen molar-refractivity contribution in [1.82, 2.24) is 10.6 Å². The summed E-state index contributed by atoms with van der Waals surface area (Å²) in [4.78, 5) is 24.3. The Balaban J connectivity index is 2.17. The van der Waals surface area contributed by atoms with Crippen LogP contribution in [0.25, 0.3) is 0 Å². The smallest absolute Gasteiger partial charge is 0.338 e. The summed E-state index contributed by atoms with van der Waals surface area (Å²) in [5.74, 6) is -0.502. The molecule has 0 saturated carbocycles. The van der Waals surface area contributed by atoms with Crippen molar-refractivity contribution in [3.8, 4) is 0 Å². The molecule has 1 atom stereocenters. The van der Waals surface area contributed by atoms with Crippen molar-refractivity contribution in [2.24, 2.45) is 0 Å². The number of halogens is 1. The van der Waals surface area contributed by atoms with Crippen LogP contribution < -0.4 is 10.6 Å². The van der Waals surface area contributed by atoms with Crippen LogP contribution in [0.4, 0.5) is 4.79 Å². The third-order valence-corrected chi connectivity index (χ3v) is 3.67. The summed E-state index contributed by atoms with van der Waals surface area (Å²) in [6.07, 6.45) is 0.0690. The number of allylic oxidation sites excluding steroid dienone is 1. The van der Waals surface area contributed by atoms with Crippen molar-refractivity contribution in [3.63, 3.8) is 0 Å². The van der Waals surface area contributed by atoms with Gasteiger partial charge in [0.2, 0.25) is 0 Å². The minimum Gasteiger partial charge on any atom is -0.460 e. The van der Waals surface area contributed by atoms with E-state index in [1.807, 2.05) is 13.8 Å². The van der Waals surface area contributed by atoms with Gasteiger partial charge in [-0.05, 0) is 38.5 Å². The zero-order chi connectivity index (χ0) is 17.7. The van der Waals surface area contributed by atoms with Gasteiger partial charge in [-0.25, -0.2) is 9.59 Å². The summed E-state index contributed by atoms with van der Waals surface area (Å²) in [6, 6.07) is 6.00. The zero-order valence-corrected chi connectivity index (χ0v) is 14.6. The van der Waals surface area contributed by atoms with Gasteiger partial charge in [0.15, 0.2) is 0 Å². The lowest BCUT2D eigenvalue weighted by molar-refractivity contribution is -0.141. The molecule has 2 rings (SSSR count). The second-order valence-electron chi connectivity index (χ2n) is 5.68. The maximum absolute atomic E-state index is 12.5. The number of nitrogens with one attached hydrogen (secondary N) is 2. The predicted molar refractivity (Wildman–Crippen MR) is 90.6 cm³/mol. The van der Waals surface area contributed by atoms with Crippen molar-refractivity contribution in [3.05, 3.63) is 46.1 Å². The monoisotopic (exact) mass is 352 g/mol. The van der Waals surface area contributed by atoms with Crippen molar-refractivity contribution < 1.29 is 19.1 Å². The lowest BCUT2D eigenvalue weighted by Crippen LogP contribution is -2.45. The van der Waals surface area contributed by atoms with E-state index in [-0.39, 0.29) is 18.7 Å². The number of ether oxygens (including phenoxy) is 2. The Kier molecular flexibility index (Phi) is 6.23. The molecule has 0 unspecified atom stereocenters. The van der Waals surface area contributed by atoms with Gasteiger partial charge in [-0.15, -0.1) is 0 Å². The summed E-state index contributed by atoms with van der Waals surface area (Å²) in [5.41, 5.74) is 1.52. The lowest BCUT2D eigenvalue weighted by atomic mass is 9.96. The molecule has 1 aliphatic rings. The fraction of sp³-hybridized carbons (Fsp3) is 0.412. The van der Waals surface area contributed by atoms with E-state index >= 15 is 0 Å². The third kappa shape index (κ3) is 4.72. The molecule has 0 radical (unpaired) electrons. The Bertz CT molecular complexity index is 658. The normalized spacial score (nSPS) is 17.5. The molecule has 2 N–H and O–H groups in total. The van der Waals surface area contributed by atoms with Gasteiger partial charge in [0, 0.05) is 10.7 Å². The molecule has 130 valence electrons. The number of amides is 2. The van der Waals surface area contributed by atoms with Gasteiger partial charge < -0.3 is 20.1 Å². The number of benzene rings is 1.